The highest BCUT2D eigenvalue weighted by Crippen LogP contribution is 2.47. The number of rotatable bonds is 3. The van der Waals surface area contributed by atoms with Gasteiger partial charge < -0.3 is 15.2 Å². The Morgan fingerprint density at radius 3 is 2.82 bits per heavy atom. The van der Waals surface area contributed by atoms with Crippen molar-refractivity contribution in [1.82, 2.24) is 0 Å². The van der Waals surface area contributed by atoms with Crippen LogP contribution in [0.15, 0.2) is 12.1 Å². The van der Waals surface area contributed by atoms with Crippen molar-refractivity contribution >= 4 is 0 Å². The van der Waals surface area contributed by atoms with Crippen molar-refractivity contribution in [3.8, 4) is 11.5 Å². The van der Waals surface area contributed by atoms with E-state index < -0.39 is 0 Å². The van der Waals surface area contributed by atoms with Crippen LogP contribution in [0.1, 0.15) is 30.4 Å². The molecule has 0 amide bonds. The maximum absolute atomic E-state index is 5.97. The first kappa shape index (κ1) is 10.9. The van der Waals surface area contributed by atoms with Crippen LogP contribution >= 0.6 is 0 Å². The molecule has 0 saturated heterocycles. The number of hydrogen-bond acceptors (Lipinski definition) is 3. The van der Waals surface area contributed by atoms with Crippen molar-refractivity contribution in [2.75, 3.05) is 20.3 Å². The van der Waals surface area contributed by atoms with Crippen LogP contribution in [0.3, 0.4) is 0 Å². The molecular formula is C14H19NO2. The molecule has 1 aromatic rings. The van der Waals surface area contributed by atoms with Crippen LogP contribution in [-0.2, 0) is 11.8 Å². The third kappa shape index (κ3) is 1.53. The summed E-state index contributed by atoms with van der Waals surface area (Å²) in [6.45, 7) is 1.50. The lowest BCUT2D eigenvalue weighted by Gasteiger charge is -2.41. The molecule has 1 aliphatic carbocycles. The van der Waals surface area contributed by atoms with Gasteiger partial charge in [0.05, 0.1) is 13.7 Å². The zero-order valence-electron chi connectivity index (χ0n) is 10.3. The third-order valence-corrected chi connectivity index (χ3v) is 4.28. The Balaban J connectivity index is 2.06. The Morgan fingerprint density at radius 2 is 2.24 bits per heavy atom. The molecule has 3 heteroatoms. The summed E-state index contributed by atoms with van der Waals surface area (Å²) in [5, 5.41) is 0. The van der Waals surface area contributed by atoms with E-state index in [0.29, 0.717) is 0 Å². The minimum Gasteiger partial charge on any atom is -0.493 e. The molecule has 2 N–H and O–H groups in total. The fraction of sp³-hybridized carbons (Fsp3) is 0.571. The van der Waals surface area contributed by atoms with Crippen molar-refractivity contribution in [3.63, 3.8) is 0 Å². The number of methoxy groups -OCH3 is 1. The van der Waals surface area contributed by atoms with E-state index in [1.165, 1.54) is 30.4 Å². The molecule has 2 aliphatic rings. The summed E-state index contributed by atoms with van der Waals surface area (Å²) in [7, 11) is 1.71. The average molecular weight is 233 g/mol. The summed E-state index contributed by atoms with van der Waals surface area (Å²) in [6, 6.07) is 4.40. The second kappa shape index (κ2) is 3.91. The van der Waals surface area contributed by atoms with Crippen LogP contribution in [0.5, 0.6) is 11.5 Å². The van der Waals surface area contributed by atoms with Gasteiger partial charge in [0.25, 0.3) is 0 Å². The highest BCUT2D eigenvalue weighted by atomic mass is 16.5. The molecule has 3 nitrogen and oxygen atoms in total. The minimum absolute atomic E-state index is 0.199. The van der Waals surface area contributed by atoms with Crippen LogP contribution in [0.2, 0.25) is 0 Å². The molecule has 1 saturated carbocycles. The second-order valence-corrected chi connectivity index (χ2v) is 5.10. The van der Waals surface area contributed by atoms with Crippen LogP contribution in [-0.4, -0.2) is 20.3 Å². The summed E-state index contributed by atoms with van der Waals surface area (Å²) >= 11 is 0. The van der Waals surface area contributed by atoms with E-state index >= 15 is 0 Å². The van der Waals surface area contributed by atoms with Crippen LogP contribution < -0.4 is 15.2 Å². The van der Waals surface area contributed by atoms with Gasteiger partial charge in [-0.2, -0.15) is 0 Å². The van der Waals surface area contributed by atoms with Gasteiger partial charge in [-0.05, 0) is 24.5 Å². The van der Waals surface area contributed by atoms with Crippen molar-refractivity contribution in [2.45, 2.75) is 31.1 Å². The van der Waals surface area contributed by atoms with Crippen LogP contribution in [0.4, 0.5) is 0 Å². The third-order valence-electron chi connectivity index (χ3n) is 4.28. The first-order valence-electron chi connectivity index (χ1n) is 6.33. The highest BCUT2D eigenvalue weighted by molar-refractivity contribution is 5.53. The van der Waals surface area contributed by atoms with Gasteiger partial charge in [0.2, 0.25) is 0 Å². The fourth-order valence-electron chi connectivity index (χ4n) is 2.94. The summed E-state index contributed by atoms with van der Waals surface area (Å²) in [4.78, 5) is 0. The Labute approximate surface area is 102 Å². The quantitative estimate of drug-likeness (QED) is 0.868. The minimum atomic E-state index is 0.199. The number of nitrogens with two attached hydrogens (primary N) is 1. The Morgan fingerprint density at radius 1 is 1.41 bits per heavy atom. The van der Waals surface area contributed by atoms with E-state index in [-0.39, 0.29) is 5.41 Å². The van der Waals surface area contributed by atoms with E-state index in [1.54, 1.807) is 7.11 Å². The van der Waals surface area contributed by atoms with Gasteiger partial charge in [0.15, 0.2) is 11.5 Å². The van der Waals surface area contributed by atoms with Crippen molar-refractivity contribution < 1.29 is 9.47 Å². The zero-order chi connectivity index (χ0) is 11.9. The lowest BCUT2D eigenvalue weighted by Crippen LogP contribution is -2.41. The summed E-state index contributed by atoms with van der Waals surface area (Å²) in [6.07, 6.45) is 4.67. The predicted octanol–water partition coefficient (Wildman–Crippen LogP) is 2.01. The van der Waals surface area contributed by atoms with E-state index in [0.717, 1.165) is 31.1 Å². The number of fused-ring (bicyclic) bond motifs is 1. The summed E-state index contributed by atoms with van der Waals surface area (Å²) < 4.78 is 11.1. The Bertz CT molecular complexity index is 433. The monoisotopic (exact) mass is 233 g/mol. The standard InChI is InChI=1S/C14H19NO2/c1-16-12-8-11(14(9-15)4-2-5-14)7-10-3-6-17-13(10)12/h7-8H,2-6,9,15H2,1H3. The molecular weight excluding hydrogens is 214 g/mol. The van der Waals surface area contributed by atoms with Crippen LogP contribution in [0.25, 0.3) is 0 Å². The van der Waals surface area contributed by atoms with E-state index in [2.05, 4.69) is 12.1 Å². The molecule has 0 bridgehead atoms. The molecule has 1 heterocycles. The molecule has 0 aromatic heterocycles. The molecule has 3 rings (SSSR count). The molecule has 1 aromatic carbocycles. The van der Waals surface area contributed by atoms with Gasteiger partial charge in [-0.1, -0.05) is 12.5 Å². The SMILES string of the molecule is COc1cc(C2(CN)CCC2)cc2c1OCC2. The Kier molecular flexibility index (Phi) is 2.51. The van der Waals surface area contributed by atoms with Crippen molar-refractivity contribution in [1.29, 1.82) is 0 Å². The second-order valence-electron chi connectivity index (χ2n) is 5.10. The molecule has 1 fully saturated rings. The number of ether oxygens (including phenoxy) is 2. The molecule has 0 spiro atoms. The Hall–Kier alpha value is -1.22. The van der Waals surface area contributed by atoms with E-state index in [9.17, 15) is 0 Å². The molecule has 0 radical (unpaired) electrons. The normalized spacial score (nSPS) is 20.4. The fourth-order valence-corrected chi connectivity index (χ4v) is 2.94. The lowest BCUT2D eigenvalue weighted by atomic mass is 9.64. The number of hydrogen-bond donors (Lipinski definition) is 1. The van der Waals surface area contributed by atoms with Gasteiger partial charge >= 0.3 is 0 Å². The van der Waals surface area contributed by atoms with Gasteiger partial charge in [-0.3, -0.25) is 0 Å². The highest BCUT2D eigenvalue weighted by Gasteiger charge is 2.38. The first-order chi connectivity index (χ1) is 8.29. The maximum Gasteiger partial charge on any atom is 0.164 e. The number of benzene rings is 1. The molecule has 1 aliphatic heterocycles. The molecule has 0 unspecified atom stereocenters. The van der Waals surface area contributed by atoms with Gasteiger partial charge in [0, 0.05) is 23.9 Å². The maximum atomic E-state index is 5.97. The summed E-state index contributed by atoms with van der Waals surface area (Å²) in [5.41, 5.74) is 8.78. The van der Waals surface area contributed by atoms with Gasteiger partial charge in [-0.15, -0.1) is 0 Å². The molecule has 92 valence electrons. The van der Waals surface area contributed by atoms with Crippen LogP contribution in [0, 0.1) is 0 Å². The lowest BCUT2D eigenvalue weighted by molar-refractivity contribution is 0.251. The van der Waals surface area contributed by atoms with E-state index in [1.807, 2.05) is 0 Å². The van der Waals surface area contributed by atoms with Crippen molar-refractivity contribution in [3.05, 3.63) is 23.3 Å². The smallest absolute Gasteiger partial charge is 0.164 e. The van der Waals surface area contributed by atoms with Gasteiger partial charge in [0.1, 0.15) is 0 Å². The van der Waals surface area contributed by atoms with E-state index in [4.69, 9.17) is 15.2 Å². The van der Waals surface area contributed by atoms with Gasteiger partial charge in [-0.25, -0.2) is 0 Å². The average Bonchev–Trinajstić information content (AvgIpc) is 2.75. The zero-order valence-corrected chi connectivity index (χ0v) is 10.3. The van der Waals surface area contributed by atoms with Crippen molar-refractivity contribution in [2.24, 2.45) is 5.73 Å². The molecule has 17 heavy (non-hydrogen) atoms. The topological polar surface area (TPSA) is 44.5 Å². The summed E-state index contributed by atoms with van der Waals surface area (Å²) in [5.74, 6) is 1.80. The largest absolute Gasteiger partial charge is 0.493 e. The molecule has 0 atom stereocenters. The first-order valence-corrected chi connectivity index (χ1v) is 6.33. The predicted molar refractivity (Wildman–Crippen MR) is 66.8 cm³/mol.